The Morgan fingerprint density at radius 3 is 2.18 bits per heavy atom. The first kappa shape index (κ1) is 18.9. The van der Waals surface area contributed by atoms with E-state index < -0.39 is 0 Å². The predicted molar refractivity (Wildman–Crippen MR) is 88.3 cm³/mol. The molecule has 1 rings (SSSR count). The second-order valence-electron chi connectivity index (χ2n) is 4.96. The van der Waals surface area contributed by atoms with E-state index in [2.05, 4.69) is 0 Å². The molecule has 4 heteroatoms. The van der Waals surface area contributed by atoms with E-state index in [1.165, 1.54) is 0 Å². The van der Waals surface area contributed by atoms with E-state index in [1.54, 1.807) is 0 Å². The van der Waals surface area contributed by atoms with Crippen LogP contribution >= 0.6 is 0 Å². The normalized spacial score (nSPS) is 11.0. The van der Waals surface area contributed by atoms with Gasteiger partial charge in [0.05, 0.1) is 13.2 Å². The fraction of sp³-hybridized carbons (Fsp3) is 0.667. The van der Waals surface area contributed by atoms with Crippen LogP contribution in [0.2, 0.25) is 0 Å². The van der Waals surface area contributed by atoms with E-state index in [4.69, 9.17) is 18.9 Å². The predicted octanol–water partition coefficient (Wildman–Crippen LogP) is 4.04. The van der Waals surface area contributed by atoms with Crippen molar-refractivity contribution in [3.63, 3.8) is 0 Å². The van der Waals surface area contributed by atoms with Crippen molar-refractivity contribution in [2.24, 2.45) is 0 Å². The summed E-state index contributed by atoms with van der Waals surface area (Å²) in [7, 11) is 0. The van der Waals surface area contributed by atoms with Crippen LogP contribution in [0.15, 0.2) is 30.3 Å². The van der Waals surface area contributed by atoms with Crippen molar-refractivity contribution < 1.29 is 18.9 Å². The number of para-hydroxylation sites is 1. The van der Waals surface area contributed by atoms with Crippen LogP contribution in [0, 0.1) is 0 Å². The monoisotopic (exact) mass is 310 g/mol. The largest absolute Gasteiger partial charge is 0.494 e. The summed E-state index contributed by atoms with van der Waals surface area (Å²) in [5, 5.41) is 0. The highest BCUT2D eigenvalue weighted by molar-refractivity contribution is 5.20. The van der Waals surface area contributed by atoms with Gasteiger partial charge in [0.15, 0.2) is 6.29 Å². The Morgan fingerprint density at radius 2 is 1.50 bits per heavy atom. The molecule has 0 atom stereocenters. The van der Waals surface area contributed by atoms with Crippen molar-refractivity contribution in [1.29, 1.82) is 0 Å². The first-order chi connectivity index (χ1) is 10.9. The molecule has 0 aliphatic carbocycles. The van der Waals surface area contributed by atoms with Crippen LogP contribution in [0.4, 0.5) is 0 Å². The Hall–Kier alpha value is -1.10. The fourth-order valence-corrected chi connectivity index (χ4v) is 2.06. The zero-order valence-corrected chi connectivity index (χ0v) is 14.0. The zero-order valence-electron chi connectivity index (χ0n) is 14.0. The Bertz CT molecular complexity index is 336. The Labute approximate surface area is 134 Å². The third-order valence-electron chi connectivity index (χ3n) is 3.15. The first-order valence-electron chi connectivity index (χ1n) is 8.35. The lowest BCUT2D eigenvalue weighted by molar-refractivity contribution is -0.146. The summed E-state index contributed by atoms with van der Waals surface area (Å²) in [6.07, 6.45) is 3.89. The second-order valence-corrected chi connectivity index (χ2v) is 4.96. The van der Waals surface area contributed by atoms with Crippen LogP contribution in [-0.2, 0) is 14.2 Å². The molecule has 1 aromatic carbocycles. The molecule has 126 valence electrons. The van der Waals surface area contributed by atoms with Crippen LogP contribution in [-0.4, -0.2) is 39.3 Å². The van der Waals surface area contributed by atoms with Crippen LogP contribution in [0.25, 0.3) is 0 Å². The Morgan fingerprint density at radius 1 is 0.818 bits per heavy atom. The summed E-state index contributed by atoms with van der Waals surface area (Å²) in [4.78, 5) is 0. The lowest BCUT2D eigenvalue weighted by Gasteiger charge is -2.16. The molecule has 0 unspecified atom stereocenters. The van der Waals surface area contributed by atoms with Gasteiger partial charge in [-0.25, -0.2) is 0 Å². The van der Waals surface area contributed by atoms with Gasteiger partial charge >= 0.3 is 0 Å². The lowest BCUT2D eigenvalue weighted by Crippen LogP contribution is -2.19. The summed E-state index contributed by atoms with van der Waals surface area (Å²) in [6, 6.07) is 9.93. The van der Waals surface area contributed by atoms with Gasteiger partial charge in [0.25, 0.3) is 0 Å². The van der Waals surface area contributed by atoms with E-state index in [0.717, 1.165) is 44.6 Å². The molecule has 0 bridgehead atoms. The molecule has 1 aromatic rings. The molecule has 0 saturated carbocycles. The van der Waals surface area contributed by atoms with Crippen molar-refractivity contribution in [2.75, 3.05) is 33.0 Å². The van der Waals surface area contributed by atoms with Crippen molar-refractivity contribution in [2.45, 2.75) is 45.8 Å². The highest BCUT2D eigenvalue weighted by Crippen LogP contribution is 2.09. The number of unbranched alkanes of at least 4 members (excludes halogenated alkanes) is 2. The molecule has 0 heterocycles. The van der Waals surface area contributed by atoms with E-state index in [9.17, 15) is 0 Å². The summed E-state index contributed by atoms with van der Waals surface area (Å²) in [5.41, 5.74) is 0. The highest BCUT2D eigenvalue weighted by atomic mass is 16.7. The molecular formula is C18H30O4. The lowest BCUT2D eigenvalue weighted by atomic mass is 10.2. The molecule has 0 amide bonds. The smallest absolute Gasteiger partial charge is 0.159 e. The van der Waals surface area contributed by atoms with Gasteiger partial charge < -0.3 is 18.9 Å². The number of hydrogen-bond acceptors (Lipinski definition) is 4. The molecule has 0 aliphatic heterocycles. The molecule has 0 N–H and O–H groups in total. The average molecular weight is 310 g/mol. The quantitative estimate of drug-likeness (QED) is 0.384. The highest BCUT2D eigenvalue weighted by Gasteiger charge is 2.06. The molecule has 0 fully saturated rings. The number of rotatable bonds is 14. The standard InChI is InChI=1S/C18H30O4/c1-3-20-18(21-4-2)13-16-19-14-9-6-10-15-22-17-11-7-5-8-12-17/h5,7-8,11-12,18H,3-4,6,9-10,13-16H2,1-2H3. The zero-order chi connectivity index (χ0) is 15.9. The molecular weight excluding hydrogens is 280 g/mol. The molecule has 4 nitrogen and oxygen atoms in total. The van der Waals surface area contributed by atoms with Gasteiger partial charge in [-0.1, -0.05) is 18.2 Å². The van der Waals surface area contributed by atoms with Crippen LogP contribution < -0.4 is 4.74 Å². The van der Waals surface area contributed by atoms with Crippen molar-refractivity contribution in [3.05, 3.63) is 30.3 Å². The van der Waals surface area contributed by atoms with Gasteiger partial charge in [-0.3, -0.25) is 0 Å². The molecule has 0 spiro atoms. The minimum atomic E-state index is -0.130. The number of hydrogen-bond donors (Lipinski definition) is 0. The van der Waals surface area contributed by atoms with E-state index in [-0.39, 0.29) is 6.29 Å². The van der Waals surface area contributed by atoms with Gasteiger partial charge in [-0.15, -0.1) is 0 Å². The van der Waals surface area contributed by atoms with E-state index in [0.29, 0.717) is 19.8 Å². The van der Waals surface area contributed by atoms with Gasteiger partial charge in [-0.2, -0.15) is 0 Å². The van der Waals surface area contributed by atoms with Crippen LogP contribution in [0.5, 0.6) is 5.75 Å². The summed E-state index contributed by atoms with van der Waals surface area (Å²) in [6.45, 7) is 7.54. The summed E-state index contributed by atoms with van der Waals surface area (Å²) >= 11 is 0. The van der Waals surface area contributed by atoms with Gasteiger partial charge in [0.1, 0.15) is 5.75 Å². The maximum atomic E-state index is 5.65. The van der Waals surface area contributed by atoms with Crippen LogP contribution in [0.1, 0.15) is 39.5 Å². The maximum absolute atomic E-state index is 5.65. The van der Waals surface area contributed by atoms with Crippen LogP contribution in [0.3, 0.4) is 0 Å². The SMILES string of the molecule is CCOC(CCOCCCCCOc1ccccc1)OCC. The minimum Gasteiger partial charge on any atom is -0.494 e. The van der Waals surface area contributed by atoms with Gasteiger partial charge in [0.2, 0.25) is 0 Å². The molecule has 0 radical (unpaired) electrons. The Balaban J connectivity index is 1.89. The average Bonchev–Trinajstić information content (AvgIpc) is 2.54. The third-order valence-corrected chi connectivity index (χ3v) is 3.15. The molecule has 0 aromatic heterocycles. The number of ether oxygens (including phenoxy) is 4. The fourth-order valence-electron chi connectivity index (χ4n) is 2.06. The molecule has 0 aliphatic rings. The van der Waals surface area contributed by atoms with E-state index in [1.807, 2.05) is 44.2 Å². The van der Waals surface area contributed by atoms with Crippen molar-refractivity contribution >= 4 is 0 Å². The Kier molecular flexibility index (Phi) is 11.7. The summed E-state index contributed by atoms with van der Waals surface area (Å²) in [5.74, 6) is 0.941. The van der Waals surface area contributed by atoms with E-state index >= 15 is 0 Å². The van der Waals surface area contributed by atoms with Gasteiger partial charge in [0, 0.05) is 26.2 Å². The minimum absolute atomic E-state index is 0.130. The third kappa shape index (κ3) is 9.77. The number of benzene rings is 1. The van der Waals surface area contributed by atoms with Crippen molar-refractivity contribution in [1.82, 2.24) is 0 Å². The van der Waals surface area contributed by atoms with Gasteiger partial charge in [-0.05, 0) is 45.2 Å². The first-order valence-corrected chi connectivity index (χ1v) is 8.35. The second kappa shape index (κ2) is 13.6. The summed E-state index contributed by atoms with van der Waals surface area (Å²) < 4.78 is 22.2. The maximum Gasteiger partial charge on any atom is 0.159 e. The molecule has 22 heavy (non-hydrogen) atoms. The molecule has 0 saturated heterocycles. The van der Waals surface area contributed by atoms with Crippen molar-refractivity contribution in [3.8, 4) is 5.75 Å². The topological polar surface area (TPSA) is 36.9 Å².